The van der Waals surface area contributed by atoms with Gasteiger partial charge in [0.05, 0.1) is 25.4 Å². The maximum atomic E-state index is 5.21. The monoisotopic (exact) mass is 184 g/mol. The summed E-state index contributed by atoms with van der Waals surface area (Å²) in [5.74, 6) is 0.854. The average molecular weight is 184 g/mol. The van der Waals surface area contributed by atoms with Gasteiger partial charge in [0, 0.05) is 0 Å². The van der Waals surface area contributed by atoms with Crippen molar-refractivity contribution < 1.29 is 9.47 Å². The molecule has 0 aliphatic carbocycles. The Kier molecular flexibility index (Phi) is 3.23. The summed E-state index contributed by atoms with van der Waals surface area (Å²) in [4.78, 5) is 0. The van der Waals surface area contributed by atoms with Crippen LogP contribution in [0.3, 0.4) is 0 Å². The minimum atomic E-state index is 0.613. The van der Waals surface area contributed by atoms with Crippen LogP contribution in [0.2, 0.25) is 0 Å². The van der Waals surface area contributed by atoms with E-state index in [2.05, 4.69) is 6.92 Å². The van der Waals surface area contributed by atoms with Crippen molar-refractivity contribution in [1.82, 2.24) is 0 Å². The number of unbranched alkanes of at least 4 members (excludes halogenated alkanes) is 1. The molecule has 2 aliphatic rings. The van der Waals surface area contributed by atoms with Crippen LogP contribution in [0, 0.1) is 5.92 Å². The Balaban J connectivity index is 1.41. The van der Waals surface area contributed by atoms with Crippen LogP contribution in [0.5, 0.6) is 0 Å². The topological polar surface area (TPSA) is 25.1 Å². The van der Waals surface area contributed by atoms with Crippen LogP contribution in [-0.4, -0.2) is 25.4 Å². The fraction of sp³-hybridized carbons (Fsp3) is 1.00. The lowest BCUT2D eigenvalue weighted by Crippen LogP contribution is -1.99. The van der Waals surface area contributed by atoms with E-state index in [1.807, 2.05) is 0 Å². The highest BCUT2D eigenvalue weighted by Crippen LogP contribution is 2.24. The number of hydrogen-bond acceptors (Lipinski definition) is 2. The van der Waals surface area contributed by atoms with Crippen LogP contribution in [-0.2, 0) is 9.47 Å². The molecular formula is C11H20O2. The zero-order valence-corrected chi connectivity index (χ0v) is 8.50. The molecule has 13 heavy (non-hydrogen) atoms. The molecule has 2 saturated heterocycles. The van der Waals surface area contributed by atoms with Crippen LogP contribution in [0.15, 0.2) is 0 Å². The molecule has 0 N–H and O–H groups in total. The molecule has 2 aliphatic heterocycles. The summed E-state index contributed by atoms with van der Waals surface area (Å²) < 4.78 is 10.4. The minimum Gasteiger partial charge on any atom is -0.373 e. The van der Waals surface area contributed by atoms with Crippen LogP contribution < -0.4 is 0 Å². The zero-order chi connectivity index (χ0) is 9.10. The van der Waals surface area contributed by atoms with Crippen molar-refractivity contribution in [3.8, 4) is 0 Å². The Morgan fingerprint density at radius 1 is 1.15 bits per heavy atom. The van der Waals surface area contributed by atoms with E-state index in [1.54, 1.807) is 0 Å². The molecule has 2 heterocycles. The van der Waals surface area contributed by atoms with Gasteiger partial charge in [0.25, 0.3) is 0 Å². The molecule has 0 aromatic carbocycles. The second-order valence-corrected chi connectivity index (χ2v) is 4.54. The third-order valence-corrected chi connectivity index (χ3v) is 2.94. The van der Waals surface area contributed by atoms with Gasteiger partial charge < -0.3 is 9.47 Å². The number of rotatable bonds is 7. The third kappa shape index (κ3) is 4.10. The van der Waals surface area contributed by atoms with Gasteiger partial charge in [0.15, 0.2) is 0 Å². The van der Waals surface area contributed by atoms with E-state index in [-0.39, 0.29) is 0 Å². The van der Waals surface area contributed by atoms with Crippen molar-refractivity contribution in [2.24, 2.45) is 5.92 Å². The molecule has 3 unspecified atom stereocenters. The second-order valence-electron chi connectivity index (χ2n) is 4.54. The predicted molar refractivity (Wildman–Crippen MR) is 51.7 cm³/mol. The molecule has 0 spiro atoms. The molecule has 3 atom stereocenters. The summed E-state index contributed by atoms with van der Waals surface area (Å²) >= 11 is 0. The first-order valence-electron chi connectivity index (χ1n) is 5.58. The highest BCUT2D eigenvalue weighted by molar-refractivity contribution is 4.73. The van der Waals surface area contributed by atoms with Crippen LogP contribution in [0.25, 0.3) is 0 Å². The fourth-order valence-electron chi connectivity index (χ4n) is 1.87. The highest BCUT2D eigenvalue weighted by Gasteiger charge is 2.25. The zero-order valence-electron chi connectivity index (χ0n) is 8.50. The molecule has 76 valence electrons. The van der Waals surface area contributed by atoms with Gasteiger partial charge in [-0.05, 0) is 18.8 Å². The molecule has 0 aromatic rings. The van der Waals surface area contributed by atoms with E-state index in [1.165, 1.54) is 32.1 Å². The lowest BCUT2D eigenvalue weighted by Gasteiger charge is -2.08. The molecular weight excluding hydrogens is 164 g/mol. The number of hydrogen-bond donors (Lipinski definition) is 0. The summed E-state index contributed by atoms with van der Waals surface area (Å²) in [6, 6.07) is 0. The summed E-state index contributed by atoms with van der Waals surface area (Å²) in [6.45, 7) is 4.38. The fourth-order valence-corrected chi connectivity index (χ4v) is 1.87. The van der Waals surface area contributed by atoms with Crippen LogP contribution >= 0.6 is 0 Å². The molecule has 0 bridgehead atoms. The lowest BCUT2D eigenvalue weighted by atomic mass is 9.98. The van der Waals surface area contributed by atoms with Crippen molar-refractivity contribution in [1.29, 1.82) is 0 Å². The van der Waals surface area contributed by atoms with Gasteiger partial charge in [-0.25, -0.2) is 0 Å². The Hall–Kier alpha value is -0.0800. The molecule has 2 heteroatoms. The summed E-state index contributed by atoms with van der Waals surface area (Å²) in [5.41, 5.74) is 0. The summed E-state index contributed by atoms with van der Waals surface area (Å²) in [5, 5.41) is 0. The SMILES string of the molecule is CC(CCCCC1CO1)CC1CO1. The van der Waals surface area contributed by atoms with Crippen LogP contribution in [0.1, 0.15) is 39.0 Å². The standard InChI is InChI=1S/C11H20O2/c1-9(6-11-8-13-11)4-2-3-5-10-7-12-10/h9-11H,2-8H2,1H3. The first-order chi connectivity index (χ1) is 6.34. The van der Waals surface area contributed by atoms with E-state index in [9.17, 15) is 0 Å². The first-order valence-corrected chi connectivity index (χ1v) is 5.58. The second kappa shape index (κ2) is 4.43. The quantitative estimate of drug-likeness (QED) is 0.448. The van der Waals surface area contributed by atoms with Gasteiger partial charge >= 0.3 is 0 Å². The minimum absolute atomic E-state index is 0.613. The predicted octanol–water partition coefficient (Wildman–Crippen LogP) is 2.37. The third-order valence-electron chi connectivity index (χ3n) is 2.94. The lowest BCUT2D eigenvalue weighted by molar-refractivity contribution is 0.343. The Labute approximate surface area is 80.6 Å². The van der Waals surface area contributed by atoms with Crippen molar-refractivity contribution in [2.75, 3.05) is 13.2 Å². The summed E-state index contributed by atoms with van der Waals surface area (Å²) in [7, 11) is 0. The van der Waals surface area contributed by atoms with Gasteiger partial charge in [-0.1, -0.05) is 26.2 Å². The molecule has 2 nitrogen and oxygen atoms in total. The van der Waals surface area contributed by atoms with Gasteiger partial charge in [-0.3, -0.25) is 0 Å². The first kappa shape index (κ1) is 9.47. The molecule has 0 radical (unpaired) electrons. The van der Waals surface area contributed by atoms with Gasteiger partial charge in [-0.15, -0.1) is 0 Å². The molecule has 0 aromatic heterocycles. The van der Waals surface area contributed by atoms with Crippen molar-refractivity contribution in [3.05, 3.63) is 0 Å². The van der Waals surface area contributed by atoms with Crippen molar-refractivity contribution in [3.63, 3.8) is 0 Å². The largest absolute Gasteiger partial charge is 0.373 e. The molecule has 2 fully saturated rings. The van der Waals surface area contributed by atoms with E-state index in [0.717, 1.165) is 19.1 Å². The van der Waals surface area contributed by atoms with Gasteiger partial charge in [0.1, 0.15) is 0 Å². The van der Waals surface area contributed by atoms with E-state index in [4.69, 9.17) is 9.47 Å². The van der Waals surface area contributed by atoms with E-state index in [0.29, 0.717) is 12.2 Å². The average Bonchev–Trinajstić information content (AvgIpc) is 2.92. The van der Waals surface area contributed by atoms with Crippen LogP contribution in [0.4, 0.5) is 0 Å². The molecule has 2 rings (SSSR count). The normalized spacial score (nSPS) is 33.0. The Morgan fingerprint density at radius 2 is 1.85 bits per heavy atom. The maximum absolute atomic E-state index is 5.21. The van der Waals surface area contributed by atoms with Gasteiger partial charge in [-0.2, -0.15) is 0 Å². The van der Waals surface area contributed by atoms with E-state index < -0.39 is 0 Å². The highest BCUT2D eigenvalue weighted by atomic mass is 16.6. The number of ether oxygens (including phenoxy) is 2. The smallest absolute Gasteiger partial charge is 0.0812 e. The Bertz CT molecular complexity index is 150. The Morgan fingerprint density at radius 3 is 2.46 bits per heavy atom. The van der Waals surface area contributed by atoms with Gasteiger partial charge in [0.2, 0.25) is 0 Å². The molecule has 0 amide bonds. The summed E-state index contributed by atoms with van der Waals surface area (Å²) in [6.07, 6.45) is 7.89. The molecule has 0 saturated carbocycles. The maximum Gasteiger partial charge on any atom is 0.0812 e. The van der Waals surface area contributed by atoms with E-state index >= 15 is 0 Å². The van der Waals surface area contributed by atoms with Crippen molar-refractivity contribution >= 4 is 0 Å². The number of epoxide rings is 2. The van der Waals surface area contributed by atoms with Crippen molar-refractivity contribution in [2.45, 2.75) is 51.2 Å².